The molecule has 2 rings (SSSR count). The number of pyridine rings is 1. The fraction of sp³-hybridized carbons (Fsp3) is 0. The quantitative estimate of drug-likeness (QED) is 0.723. The molecule has 0 atom stereocenters. The van der Waals surface area contributed by atoms with Gasteiger partial charge in [-0.3, -0.25) is 0 Å². The van der Waals surface area contributed by atoms with Crippen LogP contribution in [0.1, 0.15) is 5.56 Å². The molecule has 0 unspecified atom stereocenters. The van der Waals surface area contributed by atoms with E-state index in [2.05, 4.69) is 11.6 Å². The zero-order valence-corrected chi connectivity index (χ0v) is 11.5. The number of hydrogen-bond donors (Lipinski definition) is 0. The standard InChI is InChI=1S/C11H9N2.CH3.Y/c1-2-8-4-3-5-10-9(8)6-7-11(12)13-10;;/h2-7H,1H2,(H-,12,13);1H3;/q2*-1;. The van der Waals surface area contributed by atoms with Gasteiger partial charge in [-0.05, 0) is 16.5 Å². The summed E-state index contributed by atoms with van der Waals surface area (Å²) in [5.74, 6) is 0.300. The van der Waals surface area contributed by atoms with E-state index in [0.29, 0.717) is 5.82 Å². The molecule has 0 aliphatic carbocycles. The molecule has 0 spiro atoms. The monoisotopic (exact) mass is 273 g/mol. The molecule has 2 nitrogen and oxygen atoms in total. The van der Waals surface area contributed by atoms with Crippen LogP contribution in [0.25, 0.3) is 22.7 Å². The fourth-order valence-electron chi connectivity index (χ4n) is 1.36. The molecule has 75 valence electrons. The Kier molecular flexibility index (Phi) is 5.70. The molecule has 2 aromatic rings. The summed E-state index contributed by atoms with van der Waals surface area (Å²) >= 11 is 0. The first kappa shape index (κ1) is 14.3. The minimum Gasteiger partial charge on any atom is -0.482 e. The predicted molar refractivity (Wildman–Crippen MR) is 62.2 cm³/mol. The minimum absolute atomic E-state index is 0. The van der Waals surface area contributed by atoms with E-state index in [-0.39, 0.29) is 40.1 Å². The topological polar surface area (TPSA) is 36.7 Å². The van der Waals surface area contributed by atoms with Crippen molar-refractivity contribution in [2.75, 3.05) is 0 Å². The van der Waals surface area contributed by atoms with E-state index in [1.807, 2.05) is 24.3 Å². The van der Waals surface area contributed by atoms with Crippen molar-refractivity contribution >= 4 is 22.8 Å². The Morgan fingerprint density at radius 1 is 1.20 bits per heavy atom. The maximum atomic E-state index is 7.37. The summed E-state index contributed by atoms with van der Waals surface area (Å²) in [5, 5.41) is 1.05. The summed E-state index contributed by atoms with van der Waals surface area (Å²) in [6.45, 7) is 3.73. The predicted octanol–water partition coefficient (Wildman–Crippen LogP) is 4.01. The molecule has 0 amide bonds. The van der Waals surface area contributed by atoms with Gasteiger partial charge in [0.1, 0.15) is 0 Å². The van der Waals surface area contributed by atoms with Crippen LogP contribution in [0.3, 0.4) is 0 Å². The first-order valence-electron chi connectivity index (χ1n) is 4.05. The van der Waals surface area contributed by atoms with Crippen LogP contribution < -0.4 is 0 Å². The van der Waals surface area contributed by atoms with Gasteiger partial charge >= 0.3 is 0 Å². The molecule has 0 saturated carbocycles. The number of nitrogens with zero attached hydrogens (tertiary/aromatic N) is 1. The summed E-state index contributed by atoms with van der Waals surface area (Å²) in [4.78, 5) is 4.10. The van der Waals surface area contributed by atoms with Gasteiger partial charge in [-0.2, -0.15) is 0 Å². The molecule has 1 heterocycles. The van der Waals surface area contributed by atoms with E-state index in [1.54, 1.807) is 12.1 Å². The third-order valence-corrected chi connectivity index (χ3v) is 1.99. The van der Waals surface area contributed by atoms with Gasteiger partial charge in [-0.1, -0.05) is 48.8 Å². The number of fused-ring (bicyclic) bond motifs is 1. The third-order valence-electron chi connectivity index (χ3n) is 1.99. The van der Waals surface area contributed by atoms with Crippen LogP contribution in [-0.4, -0.2) is 4.98 Å². The van der Waals surface area contributed by atoms with Crippen molar-refractivity contribution < 1.29 is 32.7 Å². The molecule has 1 aromatic carbocycles. The normalized spacial score (nSPS) is 8.80. The van der Waals surface area contributed by atoms with Crippen molar-refractivity contribution in [2.45, 2.75) is 0 Å². The molecule has 1 radical (unpaired) electrons. The number of benzene rings is 1. The van der Waals surface area contributed by atoms with E-state index in [0.717, 1.165) is 16.5 Å². The van der Waals surface area contributed by atoms with Gasteiger partial charge in [-0.25, -0.2) is 0 Å². The van der Waals surface area contributed by atoms with Crippen LogP contribution in [0.15, 0.2) is 36.9 Å². The summed E-state index contributed by atoms with van der Waals surface area (Å²) in [6.07, 6.45) is 1.80. The first-order chi connectivity index (χ1) is 6.31. The minimum atomic E-state index is 0. The number of nitrogens with one attached hydrogen (secondary N) is 1. The molecule has 3 heteroatoms. The maximum absolute atomic E-state index is 7.37. The molecular formula is C12H12N2Y-2. The Morgan fingerprint density at radius 3 is 2.60 bits per heavy atom. The summed E-state index contributed by atoms with van der Waals surface area (Å²) < 4.78 is 0. The zero-order valence-electron chi connectivity index (χ0n) is 8.70. The van der Waals surface area contributed by atoms with Gasteiger partial charge in [0.2, 0.25) is 0 Å². The molecular weight excluding hydrogens is 261 g/mol. The first-order valence-corrected chi connectivity index (χ1v) is 4.05. The van der Waals surface area contributed by atoms with Crippen molar-refractivity contribution in [3.05, 3.63) is 55.6 Å². The summed E-state index contributed by atoms with van der Waals surface area (Å²) in [5.41, 5.74) is 9.28. The van der Waals surface area contributed by atoms with Crippen LogP contribution in [0.4, 0.5) is 5.82 Å². The van der Waals surface area contributed by atoms with Gasteiger partial charge in [0, 0.05) is 32.7 Å². The third kappa shape index (κ3) is 2.86. The molecule has 0 aliphatic heterocycles. The van der Waals surface area contributed by atoms with Crippen LogP contribution in [0.2, 0.25) is 0 Å². The molecule has 0 saturated heterocycles. The largest absolute Gasteiger partial charge is 0.482 e. The number of aromatic nitrogens is 1. The number of hydrogen-bond acceptors (Lipinski definition) is 1. The van der Waals surface area contributed by atoms with Crippen LogP contribution in [0, 0.1) is 7.43 Å². The average Bonchev–Trinajstić information content (AvgIpc) is 2.16. The van der Waals surface area contributed by atoms with Crippen molar-refractivity contribution in [1.29, 1.82) is 0 Å². The van der Waals surface area contributed by atoms with Gasteiger partial charge in [0.25, 0.3) is 0 Å². The maximum Gasteiger partial charge on any atom is 0 e. The Balaban J connectivity index is 0.000000980. The molecule has 0 bridgehead atoms. The van der Waals surface area contributed by atoms with Crippen molar-refractivity contribution in [2.24, 2.45) is 0 Å². The van der Waals surface area contributed by atoms with Crippen molar-refractivity contribution in [3.8, 4) is 0 Å². The van der Waals surface area contributed by atoms with Gasteiger partial charge in [0.15, 0.2) is 0 Å². The van der Waals surface area contributed by atoms with E-state index in [4.69, 9.17) is 5.73 Å². The smallest absolute Gasteiger partial charge is 0 e. The van der Waals surface area contributed by atoms with Crippen LogP contribution in [0.5, 0.6) is 0 Å². The fourth-order valence-corrected chi connectivity index (χ4v) is 1.36. The van der Waals surface area contributed by atoms with E-state index < -0.39 is 0 Å². The molecule has 15 heavy (non-hydrogen) atoms. The Bertz CT molecular complexity index is 466. The molecule has 0 aliphatic rings. The van der Waals surface area contributed by atoms with Crippen molar-refractivity contribution in [1.82, 2.24) is 4.98 Å². The molecule has 1 N–H and O–H groups in total. The van der Waals surface area contributed by atoms with Gasteiger partial charge < -0.3 is 18.1 Å². The molecule has 0 fully saturated rings. The summed E-state index contributed by atoms with van der Waals surface area (Å²) in [6, 6.07) is 9.41. The van der Waals surface area contributed by atoms with E-state index >= 15 is 0 Å². The van der Waals surface area contributed by atoms with E-state index in [9.17, 15) is 0 Å². The zero-order chi connectivity index (χ0) is 9.26. The van der Waals surface area contributed by atoms with Crippen LogP contribution in [-0.2, 0) is 32.7 Å². The Morgan fingerprint density at radius 2 is 1.93 bits per heavy atom. The second-order valence-corrected chi connectivity index (χ2v) is 2.81. The van der Waals surface area contributed by atoms with E-state index in [1.165, 1.54) is 0 Å². The number of rotatable bonds is 1. The van der Waals surface area contributed by atoms with Crippen LogP contribution >= 0.6 is 0 Å². The average molecular weight is 273 g/mol. The SMILES string of the molecule is C=Cc1cccc2nc([NH-])ccc12.[CH3-].[Y]. The second-order valence-electron chi connectivity index (χ2n) is 2.81. The Hall–Kier alpha value is -0.726. The summed E-state index contributed by atoms with van der Waals surface area (Å²) in [7, 11) is 0. The second kappa shape index (κ2) is 5.99. The molecule has 1 aromatic heterocycles. The van der Waals surface area contributed by atoms with Crippen molar-refractivity contribution in [3.63, 3.8) is 0 Å². The Labute approximate surface area is 115 Å². The van der Waals surface area contributed by atoms with Gasteiger partial charge in [0.05, 0.1) is 0 Å². The van der Waals surface area contributed by atoms with Gasteiger partial charge in [-0.15, -0.1) is 0 Å².